The molecule has 0 spiro atoms. The number of para-hydroxylation sites is 1. The molecule has 1 aromatic heterocycles. The highest BCUT2D eigenvalue weighted by atomic mass is 35.5. The van der Waals surface area contributed by atoms with Crippen molar-refractivity contribution < 1.29 is 4.74 Å². The van der Waals surface area contributed by atoms with Gasteiger partial charge in [0.15, 0.2) is 0 Å². The van der Waals surface area contributed by atoms with Crippen molar-refractivity contribution in [3.8, 4) is 5.75 Å². The highest BCUT2D eigenvalue weighted by Gasteiger charge is 2.19. The average Bonchev–Trinajstić information content (AvgIpc) is 2.85. The second-order valence-corrected chi connectivity index (χ2v) is 6.44. The Balaban J connectivity index is 1.59. The van der Waals surface area contributed by atoms with Crippen LogP contribution in [0, 0.1) is 0 Å². The maximum atomic E-state index is 5.94. The summed E-state index contributed by atoms with van der Waals surface area (Å²) in [5.74, 6) is 1.02. The first kappa shape index (κ1) is 13.0. The third kappa shape index (κ3) is 3.11. The van der Waals surface area contributed by atoms with E-state index in [1.54, 1.807) is 11.3 Å². The number of thiophene rings is 1. The normalized spacial score (nSPS) is 17.8. The smallest absolute Gasteiger partial charge is 0.124 e. The summed E-state index contributed by atoms with van der Waals surface area (Å²) in [4.78, 5) is 1.33. The largest absolute Gasteiger partial charge is 0.493 e. The van der Waals surface area contributed by atoms with Gasteiger partial charge in [-0.25, -0.2) is 0 Å². The Morgan fingerprint density at radius 3 is 3.00 bits per heavy atom. The number of benzene rings is 1. The van der Waals surface area contributed by atoms with Gasteiger partial charge in [0.25, 0.3) is 0 Å². The third-order valence-electron chi connectivity index (χ3n) is 3.35. The summed E-state index contributed by atoms with van der Waals surface area (Å²) in [6.07, 6.45) is 2.05. The standard InChI is InChI=1S/C15H16ClNOS/c16-15-6-5-11(19-15)7-9-17-13-8-10-18-14-4-2-1-3-12(13)14/h1-6,13,17H,7-10H2. The van der Waals surface area contributed by atoms with E-state index in [2.05, 4.69) is 23.5 Å². The summed E-state index contributed by atoms with van der Waals surface area (Å²) in [5.41, 5.74) is 1.28. The molecule has 4 heteroatoms. The highest BCUT2D eigenvalue weighted by Crippen LogP contribution is 2.31. The molecule has 100 valence electrons. The molecule has 1 atom stereocenters. The van der Waals surface area contributed by atoms with Crippen LogP contribution in [-0.4, -0.2) is 13.2 Å². The molecular formula is C15H16ClNOS. The Morgan fingerprint density at radius 1 is 1.26 bits per heavy atom. The van der Waals surface area contributed by atoms with E-state index in [1.165, 1.54) is 10.4 Å². The molecule has 0 radical (unpaired) electrons. The number of halogens is 1. The maximum Gasteiger partial charge on any atom is 0.124 e. The number of nitrogens with one attached hydrogen (secondary N) is 1. The number of rotatable bonds is 4. The van der Waals surface area contributed by atoms with Crippen molar-refractivity contribution in [1.82, 2.24) is 5.32 Å². The molecule has 19 heavy (non-hydrogen) atoms. The Kier molecular flexibility index (Phi) is 4.06. The van der Waals surface area contributed by atoms with Gasteiger partial charge in [-0.15, -0.1) is 11.3 Å². The van der Waals surface area contributed by atoms with E-state index in [4.69, 9.17) is 16.3 Å². The molecule has 0 aliphatic carbocycles. The van der Waals surface area contributed by atoms with Crippen LogP contribution >= 0.6 is 22.9 Å². The van der Waals surface area contributed by atoms with Gasteiger partial charge < -0.3 is 10.1 Å². The van der Waals surface area contributed by atoms with Gasteiger partial charge in [-0.05, 0) is 24.6 Å². The molecule has 1 unspecified atom stereocenters. The predicted octanol–water partition coefficient (Wildman–Crippen LogP) is 4.06. The fraction of sp³-hybridized carbons (Fsp3) is 0.333. The van der Waals surface area contributed by atoms with Gasteiger partial charge in [0.05, 0.1) is 10.9 Å². The Morgan fingerprint density at radius 2 is 2.16 bits per heavy atom. The summed E-state index contributed by atoms with van der Waals surface area (Å²) in [7, 11) is 0. The molecule has 2 nitrogen and oxygen atoms in total. The van der Waals surface area contributed by atoms with Crippen LogP contribution in [-0.2, 0) is 6.42 Å². The topological polar surface area (TPSA) is 21.3 Å². The second kappa shape index (κ2) is 5.95. The zero-order chi connectivity index (χ0) is 13.1. The summed E-state index contributed by atoms with van der Waals surface area (Å²) in [6.45, 7) is 1.76. The molecule has 3 rings (SSSR count). The molecule has 0 saturated carbocycles. The van der Waals surface area contributed by atoms with Crippen molar-refractivity contribution in [2.45, 2.75) is 18.9 Å². The third-order valence-corrected chi connectivity index (χ3v) is 4.64. The SMILES string of the molecule is Clc1ccc(CCNC2CCOc3ccccc32)s1. The number of hydrogen-bond acceptors (Lipinski definition) is 3. The number of hydrogen-bond donors (Lipinski definition) is 1. The fourth-order valence-corrected chi connectivity index (χ4v) is 3.50. The molecular weight excluding hydrogens is 278 g/mol. The monoisotopic (exact) mass is 293 g/mol. The summed E-state index contributed by atoms with van der Waals surface area (Å²) >= 11 is 7.60. The molecule has 0 fully saturated rings. The fourth-order valence-electron chi connectivity index (χ4n) is 2.41. The molecule has 0 amide bonds. The van der Waals surface area contributed by atoms with Gasteiger partial charge in [0.1, 0.15) is 5.75 Å². The zero-order valence-electron chi connectivity index (χ0n) is 10.6. The van der Waals surface area contributed by atoms with Crippen LogP contribution in [0.5, 0.6) is 5.75 Å². The van der Waals surface area contributed by atoms with Crippen LogP contribution < -0.4 is 10.1 Å². The van der Waals surface area contributed by atoms with Crippen LogP contribution in [0.2, 0.25) is 4.34 Å². The van der Waals surface area contributed by atoms with Crippen LogP contribution in [0.4, 0.5) is 0 Å². The van der Waals surface area contributed by atoms with Gasteiger partial charge in [-0.2, -0.15) is 0 Å². The zero-order valence-corrected chi connectivity index (χ0v) is 12.1. The minimum absolute atomic E-state index is 0.403. The van der Waals surface area contributed by atoms with Gasteiger partial charge in [-0.1, -0.05) is 29.8 Å². The van der Waals surface area contributed by atoms with Crippen molar-refractivity contribution in [1.29, 1.82) is 0 Å². The van der Waals surface area contributed by atoms with E-state index in [1.807, 2.05) is 18.2 Å². The molecule has 2 heterocycles. The summed E-state index contributed by atoms with van der Waals surface area (Å²) < 4.78 is 6.53. The van der Waals surface area contributed by atoms with Gasteiger partial charge in [0.2, 0.25) is 0 Å². The van der Waals surface area contributed by atoms with E-state index < -0.39 is 0 Å². The lowest BCUT2D eigenvalue weighted by Crippen LogP contribution is -2.28. The number of ether oxygens (including phenoxy) is 1. The Hall–Kier alpha value is -1.03. The van der Waals surface area contributed by atoms with E-state index in [9.17, 15) is 0 Å². The molecule has 0 bridgehead atoms. The molecule has 1 aliphatic heterocycles. The van der Waals surface area contributed by atoms with Crippen molar-refractivity contribution in [2.75, 3.05) is 13.2 Å². The van der Waals surface area contributed by atoms with Crippen molar-refractivity contribution in [3.05, 3.63) is 51.2 Å². The number of fused-ring (bicyclic) bond motifs is 1. The van der Waals surface area contributed by atoms with Gasteiger partial charge in [-0.3, -0.25) is 0 Å². The second-order valence-electron chi connectivity index (χ2n) is 4.64. The quantitative estimate of drug-likeness (QED) is 0.918. The van der Waals surface area contributed by atoms with Crippen LogP contribution in [0.15, 0.2) is 36.4 Å². The molecule has 2 aromatic rings. The maximum absolute atomic E-state index is 5.94. The first-order valence-corrected chi connectivity index (χ1v) is 7.72. The molecule has 1 aromatic carbocycles. The average molecular weight is 294 g/mol. The predicted molar refractivity (Wildman–Crippen MR) is 80.3 cm³/mol. The molecule has 1 aliphatic rings. The van der Waals surface area contributed by atoms with Crippen LogP contribution in [0.1, 0.15) is 22.9 Å². The molecule has 0 saturated heterocycles. The van der Waals surface area contributed by atoms with E-state index in [0.717, 1.165) is 36.1 Å². The van der Waals surface area contributed by atoms with E-state index >= 15 is 0 Å². The van der Waals surface area contributed by atoms with Gasteiger partial charge >= 0.3 is 0 Å². The first-order chi connectivity index (χ1) is 9.33. The highest BCUT2D eigenvalue weighted by molar-refractivity contribution is 7.16. The van der Waals surface area contributed by atoms with Crippen LogP contribution in [0.3, 0.4) is 0 Å². The van der Waals surface area contributed by atoms with Crippen LogP contribution in [0.25, 0.3) is 0 Å². The Bertz CT molecular complexity index is 555. The van der Waals surface area contributed by atoms with E-state index in [-0.39, 0.29) is 0 Å². The van der Waals surface area contributed by atoms with Crippen molar-refractivity contribution >= 4 is 22.9 Å². The first-order valence-electron chi connectivity index (χ1n) is 6.52. The van der Waals surface area contributed by atoms with Gasteiger partial charge in [0, 0.05) is 29.4 Å². The molecule has 1 N–H and O–H groups in total. The van der Waals surface area contributed by atoms with Crippen molar-refractivity contribution in [3.63, 3.8) is 0 Å². The lowest BCUT2D eigenvalue weighted by atomic mass is 10.0. The minimum Gasteiger partial charge on any atom is -0.493 e. The summed E-state index contributed by atoms with van der Waals surface area (Å²) in [5, 5.41) is 3.62. The lowest BCUT2D eigenvalue weighted by molar-refractivity contribution is 0.253. The van der Waals surface area contributed by atoms with E-state index in [0.29, 0.717) is 6.04 Å². The lowest BCUT2D eigenvalue weighted by Gasteiger charge is -2.26. The summed E-state index contributed by atoms with van der Waals surface area (Å²) in [6, 6.07) is 12.8. The Labute approximate surface area is 122 Å². The minimum atomic E-state index is 0.403. The van der Waals surface area contributed by atoms with Crippen molar-refractivity contribution in [2.24, 2.45) is 0 Å².